The number of aryl methyl sites for hydroxylation is 1. The molecular weight excluding hydrogens is 358 g/mol. The third-order valence-electron chi connectivity index (χ3n) is 4.35. The summed E-state index contributed by atoms with van der Waals surface area (Å²) in [4.78, 5) is 12.6. The Morgan fingerprint density at radius 1 is 0.964 bits per heavy atom. The van der Waals surface area contributed by atoms with Gasteiger partial charge >= 0.3 is 0 Å². The van der Waals surface area contributed by atoms with Gasteiger partial charge in [-0.25, -0.2) is 0 Å². The van der Waals surface area contributed by atoms with Gasteiger partial charge in [0, 0.05) is 11.8 Å². The standard InChI is InChI=1S/C22H19NO5/c1-14-4-3-5-18(21(14)25-2)22(24)23-15-6-8-16(9-7-15)28-17-10-11-19-20(12-17)27-13-26-19/h3-12H,13H2,1-2H3,(H,23,24). The summed E-state index contributed by atoms with van der Waals surface area (Å²) in [5.41, 5.74) is 2.05. The molecule has 3 aromatic carbocycles. The molecule has 0 radical (unpaired) electrons. The van der Waals surface area contributed by atoms with Crippen molar-refractivity contribution in [2.24, 2.45) is 0 Å². The van der Waals surface area contributed by atoms with Crippen LogP contribution in [0.25, 0.3) is 0 Å². The molecule has 1 amide bonds. The first-order chi connectivity index (χ1) is 13.6. The van der Waals surface area contributed by atoms with E-state index in [9.17, 15) is 4.79 Å². The predicted molar refractivity (Wildman–Crippen MR) is 105 cm³/mol. The predicted octanol–water partition coefficient (Wildman–Crippen LogP) is 4.78. The number of benzene rings is 3. The molecule has 0 aromatic heterocycles. The van der Waals surface area contributed by atoms with E-state index in [-0.39, 0.29) is 12.7 Å². The van der Waals surface area contributed by atoms with E-state index in [1.807, 2.05) is 31.2 Å². The molecule has 6 heteroatoms. The molecule has 0 spiro atoms. The first-order valence-corrected chi connectivity index (χ1v) is 8.76. The second kappa shape index (κ2) is 7.52. The molecular formula is C22H19NO5. The van der Waals surface area contributed by atoms with Crippen molar-refractivity contribution < 1.29 is 23.7 Å². The van der Waals surface area contributed by atoms with Gasteiger partial charge in [-0.3, -0.25) is 4.79 Å². The van der Waals surface area contributed by atoms with Gasteiger partial charge in [-0.2, -0.15) is 0 Å². The Labute approximate surface area is 162 Å². The lowest BCUT2D eigenvalue weighted by atomic mass is 10.1. The van der Waals surface area contributed by atoms with Crippen LogP contribution in [0.2, 0.25) is 0 Å². The van der Waals surface area contributed by atoms with Crippen molar-refractivity contribution >= 4 is 11.6 Å². The van der Waals surface area contributed by atoms with Crippen LogP contribution in [-0.4, -0.2) is 19.8 Å². The molecule has 0 unspecified atom stereocenters. The normalized spacial score (nSPS) is 11.8. The van der Waals surface area contributed by atoms with Crippen molar-refractivity contribution in [3.8, 4) is 28.7 Å². The monoisotopic (exact) mass is 377 g/mol. The van der Waals surface area contributed by atoms with Crippen LogP contribution in [0.3, 0.4) is 0 Å². The van der Waals surface area contributed by atoms with E-state index in [1.54, 1.807) is 43.5 Å². The molecule has 1 aliphatic heterocycles. The van der Waals surface area contributed by atoms with Crippen LogP contribution in [0.4, 0.5) is 5.69 Å². The SMILES string of the molecule is COc1c(C)cccc1C(=O)Nc1ccc(Oc2ccc3c(c2)OCO3)cc1. The molecule has 4 rings (SSSR count). The van der Waals surface area contributed by atoms with E-state index in [0.717, 1.165) is 5.56 Å². The Kier molecular flexibility index (Phi) is 4.76. The van der Waals surface area contributed by atoms with E-state index < -0.39 is 0 Å². The van der Waals surface area contributed by atoms with Gasteiger partial charge in [-0.15, -0.1) is 0 Å². The number of para-hydroxylation sites is 1. The summed E-state index contributed by atoms with van der Waals surface area (Å²) in [5, 5.41) is 2.87. The van der Waals surface area contributed by atoms with Gasteiger partial charge in [0.1, 0.15) is 17.2 Å². The number of carbonyl (C=O) groups is 1. The Bertz CT molecular complexity index is 1010. The fourth-order valence-electron chi connectivity index (χ4n) is 2.98. The van der Waals surface area contributed by atoms with Gasteiger partial charge in [-0.1, -0.05) is 12.1 Å². The average Bonchev–Trinajstić information content (AvgIpc) is 3.17. The minimum atomic E-state index is -0.231. The smallest absolute Gasteiger partial charge is 0.259 e. The number of anilines is 1. The summed E-state index contributed by atoms with van der Waals surface area (Å²) >= 11 is 0. The quantitative estimate of drug-likeness (QED) is 0.693. The van der Waals surface area contributed by atoms with Crippen LogP contribution in [0, 0.1) is 6.92 Å². The second-order valence-electron chi connectivity index (χ2n) is 6.25. The highest BCUT2D eigenvalue weighted by atomic mass is 16.7. The van der Waals surface area contributed by atoms with Crippen LogP contribution in [0.15, 0.2) is 60.7 Å². The highest BCUT2D eigenvalue weighted by Gasteiger charge is 2.15. The Hall–Kier alpha value is -3.67. The number of amides is 1. The van der Waals surface area contributed by atoms with Crippen LogP contribution < -0.4 is 24.3 Å². The van der Waals surface area contributed by atoms with Gasteiger partial charge < -0.3 is 24.3 Å². The highest BCUT2D eigenvalue weighted by Crippen LogP contribution is 2.36. The number of nitrogens with one attached hydrogen (secondary N) is 1. The van der Waals surface area contributed by atoms with Crippen molar-refractivity contribution in [2.75, 3.05) is 19.2 Å². The van der Waals surface area contributed by atoms with Crippen LogP contribution in [0.1, 0.15) is 15.9 Å². The van der Waals surface area contributed by atoms with E-state index in [4.69, 9.17) is 18.9 Å². The van der Waals surface area contributed by atoms with Crippen molar-refractivity contribution in [1.82, 2.24) is 0 Å². The van der Waals surface area contributed by atoms with Crippen molar-refractivity contribution in [2.45, 2.75) is 6.92 Å². The summed E-state index contributed by atoms with van der Waals surface area (Å²) in [6, 6.07) is 18.0. The molecule has 1 N–H and O–H groups in total. The topological polar surface area (TPSA) is 66.0 Å². The van der Waals surface area contributed by atoms with E-state index in [1.165, 1.54) is 0 Å². The number of rotatable bonds is 5. The number of carbonyl (C=O) groups excluding carboxylic acids is 1. The van der Waals surface area contributed by atoms with Crippen LogP contribution in [-0.2, 0) is 0 Å². The Balaban J connectivity index is 1.45. The number of hydrogen-bond donors (Lipinski definition) is 1. The number of methoxy groups -OCH3 is 1. The van der Waals surface area contributed by atoms with Crippen LogP contribution >= 0.6 is 0 Å². The van der Waals surface area contributed by atoms with Crippen LogP contribution in [0.5, 0.6) is 28.7 Å². The lowest BCUT2D eigenvalue weighted by molar-refractivity contribution is 0.102. The van der Waals surface area contributed by atoms with E-state index >= 15 is 0 Å². The molecule has 28 heavy (non-hydrogen) atoms. The zero-order chi connectivity index (χ0) is 19.5. The molecule has 0 bridgehead atoms. The second-order valence-corrected chi connectivity index (χ2v) is 6.25. The average molecular weight is 377 g/mol. The summed E-state index contributed by atoms with van der Waals surface area (Å²) < 4.78 is 21.8. The molecule has 0 fully saturated rings. The number of fused-ring (bicyclic) bond motifs is 1. The summed E-state index contributed by atoms with van der Waals surface area (Å²) in [7, 11) is 1.56. The molecule has 1 heterocycles. The fraction of sp³-hybridized carbons (Fsp3) is 0.136. The number of ether oxygens (including phenoxy) is 4. The van der Waals surface area contributed by atoms with Gasteiger partial charge in [0.05, 0.1) is 12.7 Å². The molecule has 0 atom stereocenters. The van der Waals surface area contributed by atoms with Crippen molar-refractivity contribution in [3.05, 3.63) is 71.8 Å². The van der Waals surface area contributed by atoms with Crippen molar-refractivity contribution in [1.29, 1.82) is 0 Å². The Morgan fingerprint density at radius 2 is 1.71 bits per heavy atom. The highest BCUT2D eigenvalue weighted by molar-refractivity contribution is 6.06. The third-order valence-corrected chi connectivity index (χ3v) is 4.35. The van der Waals surface area contributed by atoms with Crippen molar-refractivity contribution in [3.63, 3.8) is 0 Å². The maximum Gasteiger partial charge on any atom is 0.259 e. The largest absolute Gasteiger partial charge is 0.496 e. The summed E-state index contributed by atoms with van der Waals surface area (Å²) in [6.07, 6.45) is 0. The maximum absolute atomic E-state index is 12.6. The molecule has 6 nitrogen and oxygen atoms in total. The first kappa shape index (κ1) is 17.7. The fourth-order valence-corrected chi connectivity index (χ4v) is 2.98. The van der Waals surface area contributed by atoms with Gasteiger partial charge in [0.15, 0.2) is 11.5 Å². The maximum atomic E-state index is 12.6. The lowest BCUT2D eigenvalue weighted by Crippen LogP contribution is -2.13. The van der Waals surface area contributed by atoms with Gasteiger partial charge in [0.25, 0.3) is 5.91 Å². The molecule has 0 saturated heterocycles. The molecule has 0 saturated carbocycles. The minimum absolute atomic E-state index is 0.221. The van der Waals surface area contributed by atoms with E-state index in [2.05, 4.69) is 5.32 Å². The summed E-state index contributed by atoms with van der Waals surface area (Å²) in [5.74, 6) is 2.99. The zero-order valence-corrected chi connectivity index (χ0v) is 15.5. The van der Waals surface area contributed by atoms with Gasteiger partial charge in [0.2, 0.25) is 6.79 Å². The zero-order valence-electron chi connectivity index (χ0n) is 15.5. The van der Waals surface area contributed by atoms with E-state index in [0.29, 0.717) is 40.0 Å². The first-order valence-electron chi connectivity index (χ1n) is 8.76. The molecule has 142 valence electrons. The molecule has 3 aromatic rings. The summed E-state index contributed by atoms with van der Waals surface area (Å²) in [6.45, 7) is 2.12. The minimum Gasteiger partial charge on any atom is -0.496 e. The third kappa shape index (κ3) is 3.57. The molecule has 1 aliphatic rings. The number of hydrogen-bond acceptors (Lipinski definition) is 5. The molecule has 0 aliphatic carbocycles. The Morgan fingerprint density at radius 3 is 2.50 bits per heavy atom. The lowest BCUT2D eigenvalue weighted by Gasteiger charge is -2.12. The van der Waals surface area contributed by atoms with Gasteiger partial charge in [-0.05, 0) is 55.0 Å².